The van der Waals surface area contributed by atoms with Gasteiger partial charge in [0.1, 0.15) is 5.69 Å². The van der Waals surface area contributed by atoms with E-state index in [0.29, 0.717) is 18.1 Å². The quantitative estimate of drug-likeness (QED) is 0.886. The topological polar surface area (TPSA) is 73.1 Å². The number of aromatic nitrogens is 3. The number of nitrogens with one attached hydrogen (secondary N) is 1. The van der Waals surface area contributed by atoms with E-state index in [1.807, 2.05) is 19.1 Å². The summed E-state index contributed by atoms with van der Waals surface area (Å²) in [7, 11) is 0. The van der Waals surface area contributed by atoms with Gasteiger partial charge >= 0.3 is 0 Å². The Morgan fingerprint density at radius 3 is 3.21 bits per heavy atom. The molecular formula is C13H16N4O2. The standard InChI is InChI=1S/C13H16N4O2/c1-9-2-3-15-11(6-9)13-16-12(19-17-13)7-10-8-14-4-5-18-10/h2-3,6,10,14H,4-5,7-8H2,1H3. The van der Waals surface area contributed by atoms with E-state index >= 15 is 0 Å². The lowest BCUT2D eigenvalue weighted by Gasteiger charge is -2.21. The molecule has 6 nitrogen and oxygen atoms in total. The Kier molecular flexibility index (Phi) is 3.52. The van der Waals surface area contributed by atoms with Gasteiger partial charge in [0.2, 0.25) is 11.7 Å². The first-order valence-corrected chi connectivity index (χ1v) is 6.39. The molecule has 1 saturated heterocycles. The van der Waals surface area contributed by atoms with E-state index in [2.05, 4.69) is 20.4 Å². The highest BCUT2D eigenvalue weighted by atomic mass is 16.5. The number of rotatable bonds is 3. The van der Waals surface area contributed by atoms with Crippen LogP contribution in [0, 0.1) is 6.92 Å². The summed E-state index contributed by atoms with van der Waals surface area (Å²) in [6.07, 6.45) is 2.48. The van der Waals surface area contributed by atoms with Crippen LogP contribution in [0.1, 0.15) is 11.5 Å². The first-order chi connectivity index (χ1) is 9.31. The summed E-state index contributed by atoms with van der Waals surface area (Å²) in [5.41, 5.74) is 1.86. The van der Waals surface area contributed by atoms with Crippen molar-refractivity contribution < 1.29 is 9.26 Å². The molecule has 0 aliphatic carbocycles. The van der Waals surface area contributed by atoms with Gasteiger partial charge in [-0.1, -0.05) is 5.16 Å². The summed E-state index contributed by atoms with van der Waals surface area (Å²) >= 11 is 0. The molecule has 0 radical (unpaired) electrons. The van der Waals surface area contributed by atoms with E-state index in [1.54, 1.807) is 6.20 Å². The van der Waals surface area contributed by atoms with E-state index in [1.165, 1.54) is 0 Å². The monoisotopic (exact) mass is 260 g/mol. The number of hydrogen-bond acceptors (Lipinski definition) is 6. The lowest BCUT2D eigenvalue weighted by molar-refractivity contribution is 0.0246. The molecule has 1 fully saturated rings. The van der Waals surface area contributed by atoms with Crippen molar-refractivity contribution in [2.24, 2.45) is 0 Å². The van der Waals surface area contributed by atoms with Gasteiger partial charge in [-0.25, -0.2) is 0 Å². The molecule has 3 heterocycles. The zero-order chi connectivity index (χ0) is 13.1. The Bertz CT molecular complexity index is 549. The highest BCUT2D eigenvalue weighted by molar-refractivity contribution is 5.48. The third kappa shape index (κ3) is 2.97. The van der Waals surface area contributed by atoms with Crippen LogP contribution in [-0.4, -0.2) is 40.9 Å². The van der Waals surface area contributed by atoms with Gasteiger partial charge in [0, 0.05) is 19.3 Å². The van der Waals surface area contributed by atoms with Crippen molar-refractivity contribution in [2.75, 3.05) is 19.7 Å². The number of morpholine rings is 1. The van der Waals surface area contributed by atoms with Gasteiger partial charge in [0.15, 0.2) is 0 Å². The summed E-state index contributed by atoms with van der Waals surface area (Å²) in [5, 5.41) is 7.24. The molecule has 0 bridgehead atoms. The molecule has 2 aromatic rings. The fraction of sp³-hybridized carbons (Fsp3) is 0.462. The summed E-state index contributed by atoms with van der Waals surface area (Å²) < 4.78 is 10.9. The second kappa shape index (κ2) is 5.46. The predicted octanol–water partition coefficient (Wildman–Crippen LogP) is 0.971. The highest BCUT2D eigenvalue weighted by Crippen LogP contribution is 2.15. The summed E-state index contributed by atoms with van der Waals surface area (Å²) in [5.74, 6) is 1.12. The molecule has 0 saturated carbocycles. The van der Waals surface area contributed by atoms with Crippen molar-refractivity contribution in [3.05, 3.63) is 29.8 Å². The first kappa shape index (κ1) is 12.3. The van der Waals surface area contributed by atoms with E-state index < -0.39 is 0 Å². The average molecular weight is 260 g/mol. The molecule has 6 heteroatoms. The van der Waals surface area contributed by atoms with Crippen LogP contribution >= 0.6 is 0 Å². The van der Waals surface area contributed by atoms with Crippen molar-refractivity contribution in [1.29, 1.82) is 0 Å². The molecule has 0 aromatic carbocycles. The highest BCUT2D eigenvalue weighted by Gasteiger charge is 2.18. The summed E-state index contributed by atoms with van der Waals surface area (Å²) in [4.78, 5) is 8.61. The molecule has 1 aliphatic rings. The fourth-order valence-electron chi connectivity index (χ4n) is 2.05. The van der Waals surface area contributed by atoms with Crippen molar-refractivity contribution in [3.8, 4) is 11.5 Å². The van der Waals surface area contributed by atoms with Crippen LogP contribution in [0.25, 0.3) is 11.5 Å². The third-order valence-electron chi connectivity index (χ3n) is 3.02. The molecule has 1 atom stereocenters. The largest absolute Gasteiger partial charge is 0.375 e. The maximum absolute atomic E-state index is 5.61. The van der Waals surface area contributed by atoms with Gasteiger partial charge in [-0.2, -0.15) is 4.98 Å². The second-order valence-electron chi connectivity index (χ2n) is 4.63. The Morgan fingerprint density at radius 1 is 1.47 bits per heavy atom. The second-order valence-corrected chi connectivity index (χ2v) is 4.63. The SMILES string of the molecule is Cc1ccnc(-c2noc(CC3CNCCO3)n2)c1. The van der Waals surface area contributed by atoms with E-state index in [-0.39, 0.29) is 6.10 Å². The Labute approximate surface area is 111 Å². The van der Waals surface area contributed by atoms with Gasteiger partial charge in [-0.05, 0) is 24.6 Å². The molecular weight excluding hydrogens is 244 g/mol. The zero-order valence-corrected chi connectivity index (χ0v) is 10.8. The molecule has 3 rings (SSSR count). The maximum Gasteiger partial charge on any atom is 0.229 e. The molecule has 2 aromatic heterocycles. The lowest BCUT2D eigenvalue weighted by atomic mass is 10.2. The maximum atomic E-state index is 5.61. The molecule has 1 aliphatic heterocycles. The van der Waals surface area contributed by atoms with Gasteiger partial charge in [0.05, 0.1) is 19.1 Å². The smallest absolute Gasteiger partial charge is 0.229 e. The number of hydrogen-bond donors (Lipinski definition) is 1. The molecule has 100 valence electrons. The van der Waals surface area contributed by atoms with Crippen LogP contribution in [0.15, 0.2) is 22.9 Å². The Morgan fingerprint density at radius 2 is 2.42 bits per heavy atom. The van der Waals surface area contributed by atoms with Crippen LogP contribution < -0.4 is 5.32 Å². The van der Waals surface area contributed by atoms with Crippen LogP contribution in [0.3, 0.4) is 0 Å². The molecule has 0 spiro atoms. The van der Waals surface area contributed by atoms with Crippen molar-refractivity contribution in [3.63, 3.8) is 0 Å². The lowest BCUT2D eigenvalue weighted by Crippen LogP contribution is -2.39. The van der Waals surface area contributed by atoms with Gasteiger partial charge in [-0.15, -0.1) is 0 Å². The van der Waals surface area contributed by atoms with Gasteiger partial charge in [-0.3, -0.25) is 4.98 Å². The van der Waals surface area contributed by atoms with Gasteiger partial charge in [0.25, 0.3) is 0 Å². The van der Waals surface area contributed by atoms with Crippen LogP contribution in [0.4, 0.5) is 0 Å². The number of ether oxygens (including phenoxy) is 1. The minimum Gasteiger partial charge on any atom is -0.375 e. The Balaban J connectivity index is 1.72. The Hall–Kier alpha value is -1.79. The molecule has 1 N–H and O–H groups in total. The first-order valence-electron chi connectivity index (χ1n) is 6.39. The minimum atomic E-state index is 0.104. The van der Waals surface area contributed by atoms with Crippen molar-refractivity contribution in [1.82, 2.24) is 20.4 Å². The van der Waals surface area contributed by atoms with Crippen molar-refractivity contribution in [2.45, 2.75) is 19.4 Å². The summed E-state index contributed by atoms with van der Waals surface area (Å²) in [6.45, 7) is 4.46. The predicted molar refractivity (Wildman–Crippen MR) is 68.6 cm³/mol. The van der Waals surface area contributed by atoms with Crippen LogP contribution in [0.5, 0.6) is 0 Å². The minimum absolute atomic E-state index is 0.104. The fourth-order valence-corrected chi connectivity index (χ4v) is 2.05. The van der Waals surface area contributed by atoms with Gasteiger partial charge < -0.3 is 14.6 Å². The normalized spacial score (nSPS) is 19.5. The number of nitrogens with zero attached hydrogens (tertiary/aromatic N) is 3. The molecule has 19 heavy (non-hydrogen) atoms. The summed E-state index contributed by atoms with van der Waals surface area (Å²) in [6, 6.07) is 3.87. The molecule has 1 unspecified atom stereocenters. The van der Waals surface area contributed by atoms with Crippen molar-refractivity contribution >= 4 is 0 Å². The molecule has 0 amide bonds. The van der Waals surface area contributed by atoms with Crippen LogP contribution in [0.2, 0.25) is 0 Å². The zero-order valence-electron chi connectivity index (χ0n) is 10.8. The average Bonchev–Trinajstić information content (AvgIpc) is 2.88. The van der Waals surface area contributed by atoms with E-state index in [4.69, 9.17) is 9.26 Å². The van der Waals surface area contributed by atoms with E-state index in [0.717, 1.165) is 31.0 Å². The van der Waals surface area contributed by atoms with Crippen LogP contribution in [-0.2, 0) is 11.2 Å². The third-order valence-corrected chi connectivity index (χ3v) is 3.02. The number of aryl methyl sites for hydroxylation is 1. The van der Waals surface area contributed by atoms with E-state index in [9.17, 15) is 0 Å². The number of pyridine rings is 1.